The third kappa shape index (κ3) is 7.64. The average Bonchev–Trinajstić information content (AvgIpc) is 2.76. The van der Waals surface area contributed by atoms with Gasteiger partial charge in [-0.3, -0.25) is 4.79 Å². The Labute approximate surface area is 207 Å². The molecule has 0 aliphatic carbocycles. The molecule has 0 saturated heterocycles. The molecule has 0 unspecified atom stereocenters. The molecule has 0 bridgehead atoms. The minimum absolute atomic E-state index is 0.00998. The van der Waals surface area contributed by atoms with E-state index in [0.29, 0.717) is 17.8 Å². The van der Waals surface area contributed by atoms with Crippen LogP contribution in [0, 0.1) is 0 Å². The van der Waals surface area contributed by atoms with E-state index in [2.05, 4.69) is 31.0 Å². The van der Waals surface area contributed by atoms with Crippen molar-refractivity contribution in [3.8, 4) is 11.5 Å². The molecule has 2 aromatic carbocycles. The van der Waals surface area contributed by atoms with Crippen molar-refractivity contribution in [2.75, 3.05) is 31.6 Å². The Morgan fingerprint density at radius 2 is 1.79 bits per heavy atom. The van der Waals surface area contributed by atoms with E-state index in [1.54, 1.807) is 24.3 Å². The van der Waals surface area contributed by atoms with E-state index in [1.807, 2.05) is 19.9 Å². The second-order valence-corrected chi connectivity index (χ2v) is 9.44. The minimum atomic E-state index is -0.558. The first-order valence-corrected chi connectivity index (χ1v) is 11.8. The summed E-state index contributed by atoms with van der Waals surface area (Å²) in [6.45, 7) is 14.4. The van der Waals surface area contributed by atoms with Crippen LogP contribution >= 0.6 is 11.6 Å². The quantitative estimate of drug-likeness (QED) is 0.341. The maximum atomic E-state index is 12.6. The summed E-state index contributed by atoms with van der Waals surface area (Å²) in [4.78, 5) is 26.4. The Morgan fingerprint density at radius 1 is 1.12 bits per heavy atom. The number of benzene rings is 2. The zero-order chi connectivity index (χ0) is 25.5. The highest BCUT2D eigenvalue weighted by atomic mass is 35.5. The lowest BCUT2D eigenvalue weighted by atomic mass is 9.86. The monoisotopic (exact) mass is 490 g/mol. The van der Waals surface area contributed by atoms with Crippen molar-refractivity contribution in [1.82, 2.24) is 4.90 Å². The molecule has 0 atom stereocenters. The molecule has 0 spiro atoms. The molecule has 2 N–H and O–H groups in total. The number of carbonyl (C=O) groups is 2. The van der Waals surface area contributed by atoms with Crippen LogP contribution in [-0.4, -0.2) is 48.2 Å². The van der Waals surface area contributed by atoms with Gasteiger partial charge in [0.25, 0.3) is 0 Å². The number of hydrogen-bond acceptors (Lipinski definition) is 7. The van der Waals surface area contributed by atoms with Crippen LogP contribution in [0.25, 0.3) is 0 Å². The van der Waals surface area contributed by atoms with Gasteiger partial charge in [0.15, 0.2) is 0 Å². The fourth-order valence-electron chi connectivity index (χ4n) is 3.35. The van der Waals surface area contributed by atoms with Crippen molar-refractivity contribution < 1.29 is 24.2 Å². The van der Waals surface area contributed by atoms with Gasteiger partial charge in [-0.25, -0.2) is 4.79 Å². The fourth-order valence-corrected chi connectivity index (χ4v) is 3.59. The Balaban J connectivity index is 2.19. The third-order valence-corrected chi connectivity index (χ3v) is 5.77. The summed E-state index contributed by atoms with van der Waals surface area (Å²) in [6.07, 6.45) is 0. The van der Waals surface area contributed by atoms with Gasteiger partial charge in [-0.2, -0.15) is 0 Å². The summed E-state index contributed by atoms with van der Waals surface area (Å²) in [6, 6.07) is 8.48. The molecule has 0 radical (unpaired) electrons. The molecular weight excluding hydrogens is 456 g/mol. The predicted octanol–water partition coefficient (Wildman–Crippen LogP) is 5.38. The van der Waals surface area contributed by atoms with Crippen LogP contribution < -0.4 is 10.1 Å². The molecule has 2 aromatic rings. The molecule has 7 nitrogen and oxygen atoms in total. The highest BCUT2D eigenvalue weighted by molar-refractivity contribution is 6.32. The Bertz CT molecular complexity index is 1010. The lowest BCUT2D eigenvalue weighted by Crippen LogP contribution is -2.28. The molecular formula is C26H35ClN2O5. The number of carbonyl (C=O) groups excluding carboxylic acids is 2. The minimum Gasteiger partial charge on any atom is -0.506 e. The van der Waals surface area contributed by atoms with Gasteiger partial charge >= 0.3 is 11.9 Å². The highest BCUT2D eigenvalue weighted by Crippen LogP contribution is 2.34. The smallest absolute Gasteiger partial charge is 0.341 e. The number of ether oxygens (including phenoxy) is 2. The van der Waals surface area contributed by atoms with Crippen molar-refractivity contribution in [1.29, 1.82) is 0 Å². The SMILES string of the molecule is CCN(CC)CCOC(=O)c1ccc(NCc2cc(C(C)(C)C)cc(Cl)c2O)cc1OC(C)=O. The van der Waals surface area contributed by atoms with E-state index in [-0.39, 0.29) is 40.7 Å². The van der Waals surface area contributed by atoms with E-state index in [1.165, 1.54) is 6.92 Å². The van der Waals surface area contributed by atoms with Crippen LogP contribution in [-0.2, 0) is 21.5 Å². The number of aromatic hydroxyl groups is 1. The van der Waals surface area contributed by atoms with Crippen molar-refractivity contribution in [3.63, 3.8) is 0 Å². The lowest BCUT2D eigenvalue weighted by Gasteiger charge is -2.21. The van der Waals surface area contributed by atoms with Gasteiger partial charge in [-0.15, -0.1) is 0 Å². The van der Waals surface area contributed by atoms with Gasteiger partial charge in [-0.1, -0.05) is 46.2 Å². The van der Waals surface area contributed by atoms with E-state index >= 15 is 0 Å². The molecule has 0 amide bonds. The molecule has 186 valence electrons. The summed E-state index contributed by atoms with van der Waals surface area (Å²) in [5.41, 5.74) is 2.26. The number of phenols is 1. The second-order valence-electron chi connectivity index (χ2n) is 9.04. The van der Waals surface area contributed by atoms with Crippen LogP contribution in [0.4, 0.5) is 5.69 Å². The van der Waals surface area contributed by atoms with Crippen LogP contribution in [0.2, 0.25) is 5.02 Å². The van der Waals surface area contributed by atoms with Crippen molar-refractivity contribution >= 4 is 29.2 Å². The first kappa shape index (κ1) is 27.5. The number of anilines is 1. The third-order valence-electron chi connectivity index (χ3n) is 5.48. The first-order valence-electron chi connectivity index (χ1n) is 11.4. The standard InChI is InChI=1S/C26H35ClN2O5/c1-7-29(8-2)11-12-33-25(32)21-10-9-20(15-23(21)34-17(3)30)28-16-18-13-19(26(4,5)6)14-22(27)24(18)31/h9-10,13-15,28,31H,7-8,11-12,16H2,1-6H3. The number of nitrogens with zero attached hydrogens (tertiary/aromatic N) is 1. The maximum Gasteiger partial charge on any atom is 0.341 e. The molecule has 0 aliphatic heterocycles. The van der Waals surface area contributed by atoms with E-state index < -0.39 is 11.9 Å². The summed E-state index contributed by atoms with van der Waals surface area (Å²) >= 11 is 6.23. The van der Waals surface area contributed by atoms with Crippen molar-refractivity contribution in [2.24, 2.45) is 0 Å². The van der Waals surface area contributed by atoms with Gasteiger partial charge in [0.2, 0.25) is 0 Å². The van der Waals surface area contributed by atoms with Gasteiger partial charge in [0.1, 0.15) is 23.7 Å². The van der Waals surface area contributed by atoms with Gasteiger partial charge in [0.05, 0.1) is 5.02 Å². The van der Waals surface area contributed by atoms with E-state index in [0.717, 1.165) is 18.7 Å². The van der Waals surface area contributed by atoms with Crippen LogP contribution in [0.1, 0.15) is 63.0 Å². The van der Waals surface area contributed by atoms with Crippen molar-refractivity contribution in [3.05, 3.63) is 52.0 Å². The highest BCUT2D eigenvalue weighted by Gasteiger charge is 2.19. The molecule has 0 saturated carbocycles. The zero-order valence-corrected chi connectivity index (χ0v) is 21.6. The topological polar surface area (TPSA) is 88.1 Å². The van der Waals surface area contributed by atoms with E-state index in [4.69, 9.17) is 21.1 Å². The summed E-state index contributed by atoms with van der Waals surface area (Å²) in [5.74, 6) is -0.985. The molecule has 0 aliphatic rings. The lowest BCUT2D eigenvalue weighted by molar-refractivity contribution is -0.131. The van der Waals surface area contributed by atoms with Gasteiger partial charge in [-0.05, 0) is 48.3 Å². The molecule has 8 heteroatoms. The molecule has 0 heterocycles. The average molecular weight is 491 g/mol. The molecule has 2 rings (SSSR count). The fraction of sp³-hybridized carbons (Fsp3) is 0.462. The number of hydrogen-bond donors (Lipinski definition) is 2. The second kappa shape index (κ2) is 12.1. The predicted molar refractivity (Wildman–Crippen MR) is 135 cm³/mol. The number of nitrogens with one attached hydrogen (secondary N) is 1. The number of halogens is 1. The summed E-state index contributed by atoms with van der Waals surface area (Å²) in [7, 11) is 0. The summed E-state index contributed by atoms with van der Waals surface area (Å²) < 4.78 is 10.7. The van der Waals surface area contributed by atoms with Gasteiger partial charge in [0, 0.05) is 37.3 Å². The largest absolute Gasteiger partial charge is 0.506 e. The van der Waals surface area contributed by atoms with Crippen LogP contribution in [0.3, 0.4) is 0 Å². The van der Waals surface area contributed by atoms with Gasteiger partial charge < -0.3 is 24.8 Å². The van der Waals surface area contributed by atoms with Crippen LogP contribution in [0.15, 0.2) is 30.3 Å². The molecule has 0 aromatic heterocycles. The maximum absolute atomic E-state index is 12.6. The Morgan fingerprint density at radius 3 is 2.38 bits per heavy atom. The van der Waals surface area contributed by atoms with Crippen LogP contribution in [0.5, 0.6) is 11.5 Å². The number of rotatable bonds is 10. The Kier molecular flexibility index (Phi) is 9.77. The number of phenolic OH excluding ortho intramolecular Hbond substituents is 1. The summed E-state index contributed by atoms with van der Waals surface area (Å²) in [5, 5.41) is 13.9. The normalized spacial score (nSPS) is 11.4. The van der Waals surface area contributed by atoms with Crippen molar-refractivity contribution in [2.45, 2.75) is 53.5 Å². The molecule has 0 fully saturated rings. The Hall–Kier alpha value is -2.77. The first-order chi connectivity index (χ1) is 16.0. The van der Waals surface area contributed by atoms with E-state index in [9.17, 15) is 14.7 Å². The number of likely N-dealkylation sites (N-methyl/N-ethyl adjacent to an activating group) is 1. The zero-order valence-electron chi connectivity index (χ0n) is 20.8. The molecule has 34 heavy (non-hydrogen) atoms. The number of esters is 2.